The highest BCUT2D eigenvalue weighted by Crippen LogP contribution is 2.27. The Balaban J connectivity index is 1.47. The van der Waals surface area contributed by atoms with Crippen LogP contribution in [0.3, 0.4) is 0 Å². The van der Waals surface area contributed by atoms with Gasteiger partial charge in [-0.2, -0.15) is 0 Å². The topological polar surface area (TPSA) is 50.3 Å². The molecular formula is C21H24N4O. The van der Waals surface area contributed by atoms with Crippen LogP contribution in [0.4, 0.5) is 11.5 Å². The van der Waals surface area contributed by atoms with Gasteiger partial charge in [-0.1, -0.05) is 18.2 Å². The molecule has 0 spiro atoms. The average molecular weight is 348 g/mol. The van der Waals surface area contributed by atoms with E-state index in [1.807, 2.05) is 48.5 Å². The van der Waals surface area contributed by atoms with Crippen molar-refractivity contribution in [3.63, 3.8) is 0 Å². The monoisotopic (exact) mass is 348 g/mol. The van der Waals surface area contributed by atoms with Crippen molar-refractivity contribution in [3.8, 4) is 5.75 Å². The second kappa shape index (κ2) is 7.70. The number of anilines is 2. The molecule has 0 amide bonds. The zero-order valence-electron chi connectivity index (χ0n) is 15.1. The lowest BCUT2D eigenvalue weighted by Gasteiger charge is -2.28. The van der Waals surface area contributed by atoms with Gasteiger partial charge >= 0.3 is 0 Å². The van der Waals surface area contributed by atoms with Crippen molar-refractivity contribution in [2.75, 3.05) is 32.1 Å². The number of hydrogen-bond acceptors (Lipinski definition) is 5. The van der Waals surface area contributed by atoms with E-state index in [0.717, 1.165) is 47.9 Å². The van der Waals surface area contributed by atoms with Crippen LogP contribution in [0.15, 0.2) is 54.9 Å². The van der Waals surface area contributed by atoms with Crippen LogP contribution in [0.25, 0.3) is 10.9 Å². The number of aromatic nitrogens is 2. The zero-order chi connectivity index (χ0) is 17.8. The Morgan fingerprint density at radius 3 is 2.69 bits per heavy atom. The minimum absolute atomic E-state index is 0.641. The van der Waals surface area contributed by atoms with Gasteiger partial charge in [-0.25, -0.2) is 9.97 Å². The summed E-state index contributed by atoms with van der Waals surface area (Å²) in [4.78, 5) is 11.2. The highest BCUT2D eigenvalue weighted by atomic mass is 16.5. The van der Waals surface area contributed by atoms with E-state index < -0.39 is 0 Å². The number of para-hydroxylation sites is 1. The van der Waals surface area contributed by atoms with Gasteiger partial charge < -0.3 is 15.0 Å². The van der Waals surface area contributed by atoms with E-state index in [0.29, 0.717) is 5.92 Å². The second-order valence-electron chi connectivity index (χ2n) is 6.95. The average Bonchev–Trinajstić information content (AvgIpc) is 2.68. The molecule has 5 heteroatoms. The molecule has 0 atom stereocenters. The molecule has 0 saturated carbocycles. The fraction of sp³-hybridized carbons (Fsp3) is 0.333. The smallest absolute Gasteiger partial charge is 0.141 e. The van der Waals surface area contributed by atoms with E-state index in [4.69, 9.17) is 4.74 Å². The van der Waals surface area contributed by atoms with Gasteiger partial charge in [0.2, 0.25) is 0 Å². The molecule has 1 fully saturated rings. The lowest BCUT2D eigenvalue weighted by molar-refractivity contribution is 0.160. The van der Waals surface area contributed by atoms with E-state index in [2.05, 4.69) is 27.2 Å². The summed E-state index contributed by atoms with van der Waals surface area (Å²) < 4.78 is 6.05. The maximum absolute atomic E-state index is 6.05. The number of nitrogens with one attached hydrogen (secondary N) is 1. The summed E-state index contributed by atoms with van der Waals surface area (Å²) >= 11 is 0. The van der Waals surface area contributed by atoms with Crippen molar-refractivity contribution in [1.82, 2.24) is 14.9 Å². The quantitative estimate of drug-likeness (QED) is 0.752. The van der Waals surface area contributed by atoms with Crippen LogP contribution in [0.5, 0.6) is 5.75 Å². The third-order valence-corrected chi connectivity index (χ3v) is 4.97. The highest BCUT2D eigenvalue weighted by Gasteiger charge is 2.17. The Labute approximate surface area is 154 Å². The summed E-state index contributed by atoms with van der Waals surface area (Å²) in [5, 5.41) is 4.35. The maximum Gasteiger partial charge on any atom is 0.141 e. The summed E-state index contributed by atoms with van der Waals surface area (Å²) in [7, 11) is 2.18. The molecule has 4 rings (SSSR count). The summed E-state index contributed by atoms with van der Waals surface area (Å²) in [6, 6.07) is 16.1. The van der Waals surface area contributed by atoms with Crippen LogP contribution < -0.4 is 10.1 Å². The van der Waals surface area contributed by atoms with Crippen LogP contribution in [0.2, 0.25) is 0 Å². The van der Waals surface area contributed by atoms with Gasteiger partial charge in [0, 0.05) is 17.1 Å². The molecule has 1 N–H and O–H groups in total. The predicted molar refractivity (Wildman–Crippen MR) is 105 cm³/mol. The van der Waals surface area contributed by atoms with Gasteiger partial charge in [0.25, 0.3) is 0 Å². The maximum atomic E-state index is 6.05. The number of ether oxygens (including phenoxy) is 1. The molecule has 1 saturated heterocycles. The Morgan fingerprint density at radius 1 is 1.08 bits per heavy atom. The Morgan fingerprint density at radius 2 is 1.88 bits per heavy atom. The lowest BCUT2D eigenvalue weighted by Crippen LogP contribution is -2.32. The van der Waals surface area contributed by atoms with Crippen molar-refractivity contribution in [1.29, 1.82) is 0 Å². The Bertz CT molecular complexity index is 860. The minimum atomic E-state index is 0.641. The second-order valence-corrected chi connectivity index (χ2v) is 6.95. The molecule has 1 aliphatic rings. The fourth-order valence-electron chi connectivity index (χ4n) is 3.33. The van der Waals surface area contributed by atoms with E-state index >= 15 is 0 Å². The molecule has 2 heterocycles. The van der Waals surface area contributed by atoms with Crippen LogP contribution >= 0.6 is 0 Å². The molecule has 3 aromatic rings. The number of piperidine rings is 1. The predicted octanol–water partition coefficient (Wildman–Crippen LogP) is 4.09. The number of likely N-dealkylation sites (tertiary alicyclic amines) is 1. The van der Waals surface area contributed by atoms with Gasteiger partial charge in [0.05, 0.1) is 12.1 Å². The van der Waals surface area contributed by atoms with E-state index in [1.165, 1.54) is 12.8 Å². The van der Waals surface area contributed by atoms with Crippen LogP contribution in [-0.2, 0) is 0 Å². The molecule has 0 radical (unpaired) electrons. The molecule has 1 aliphatic heterocycles. The molecule has 0 aliphatic carbocycles. The number of fused-ring (bicyclic) bond motifs is 1. The normalized spacial score (nSPS) is 15.9. The number of nitrogens with zero attached hydrogens (tertiary/aromatic N) is 3. The molecule has 134 valence electrons. The summed E-state index contributed by atoms with van der Waals surface area (Å²) in [6.07, 6.45) is 4.00. The molecule has 0 bridgehead atoms. The first-order chi connectivity index (χ1) is 12.8. The first-order valence-corrected chi connectivity index (χ1v) is 9.16. The van der Waals surface area contributed by atoms with E-state index in [9.17, 15) is 0 Å². The minimum Gasteiger partial charge on any atom is -0.493 e. The zero-order valence-corrected chi connectivity index (χ0v) is 15.1. The van der Waals surface area contributed by atoms with Crippen LogP contribution in [-0.4, -0.2) is 41.6 Å². The van der Waals surface area contributed by atoms with E-state index in [1.54, 1.807) is 6.33 Å². The molecule has 26 heavy (non-hydrogen) atoms. The van der Waals surface area contributed by atoms with Crippen LogP contribution in [0, 0.1) is 5.92 Å². The van der Waals surface area contributed by atoms with Gasteiger partial charge in [0.15, 0.2) is 0 Å². The van der Waals surface area contributed by atoms with Crippen molar-refractivity contribution >= 4 is 22.4 Å². The summed E-state index contributed by atoms with van der Waals surface area (Å²) in [5.41, 5.74) is 1.90. The molecule has 1 aromatic heterocycles. The Hall–Kier alpha value is -2.66. The van der Waals surface area contributed by atoms with Gasteiger partial charge in [-0.3, -0.25) is 0 Å². The standard InChI is InChI=1S/C21H24N4O/c1-25-11-9-16(10-12-25)14-26-18-7-8-19-20(13-18)22-15-23-21(19)24-17-5-3-2-4-6-17/h2-8,13,15-16H,9-12,14H2,1H3,(H,22,23,24). The highest BCUT2D eigenvalue weighted by molar-refractivity contribution is 5.91. The lowest BCUT2D eigenvalue weighted by atomic mass is 9.98. The van der Waals surface area contributed by atoms with Gasteiger partial charge in [0.1, 0.15) is 17.9 Å². The molecule has 0 unspecified atom stereocenters. The number of hydrogen-bond donors (Lipinski definition) is 1. The SMILES string of the molecule is CN1CCC(COc2ccc3c(Nc4ccccc4)ncnc3c2)CC1. The van der Waals surface area contributed by atoms with Crippen molar-refractivity contribution in [2.45, 2.75) is 12.8 Å². The van der Waals surface area contributed by atoms with Gasteiger partial charge in [-0.15, -0.1) is 0 Å². The molecular weight excluding hydrogens is 324 g/mol. The number of benzene rings is 2. The first-order valence-electron chi connectivity index (χ1n) is 9.16. The van der Waals surface area contributed by atoms with E-state index in [-0.39, 0.29) is 0 Å². The first kappa shape index (κ1) is 16.8. The van der Waals surface area contributed by atoms with Crippen molar-refractivity contribution < 1.29 is 4.74 Å². The third kappa shape index (κ3) is 3.94. The Kier molecular flexibility index (Phi) is 4.97. The molecule has 5 nitrogen and oxygen atoms in total. The third-order valence-electron chi connectivity index (χ3n) is 4.97. The molecule has 2 aromatic carbocycles. The summed E-state index contributed by atoms with van der Waals surface area (Å²) in [5.74, 6) is 2.33. The van der Waals surface area contributed by atoms with Gasteiger partial charge in [-0.05, 0) is 63.2 Å². The van der Waals surface area contributed by atoms with Crippen molar-refractivity contribution in [3.05, 3.63) is 54.9 Å². The fourth-order valence-corrected chi connectivity index (χ4v) is 3.33. The summed E-state index contributed by atoms with van der Waals surface area (Å²) in [6.45, 7) is 3.10. The van der Waals surface area contributed by atoms with Crippen LogP contribution in [0.1, 0.15) is 12.8 Å². The van der Waals surface area contributed by atoms with Crippen molar-refractivity contribution in [2.24, 2.45) is 5.92 Å². The number of rotatable bonds is 5. The largest absolute Gasteiger partial charge is 0.493 e.